The number of carbonyl (C=O) groups is 1. The van der Waals surface area contributed by atoms with Crippen molar-refractivity contribution in [3.05, 3.63) is 23.8 Å². The van der Waals surface area contributed by atoms with Crippen molar-refractivity contribution in [1.82, 2.24) is 4.90 Å². The molecule has 19 heavy (non-hydrogen) atoms. The maximum Gasteiger partial charge on any atom is 0.222 e. The fraction of sp³-hybridized carbons (Fsp3) is 0.706. The van der Waals surface area contributed by atoms with E-state index in [0.29, 0.717) is 17.2 Å². The van der Waals surface area contributed by atoms with E-state index >= 15 is 0 Å². The number of rotatable bonds is 2. The van der Waals surface area contributed by atoms with Crippen molar-refractivity contribution in [2.75, 3.05) is 13.1 Å². The molecule has 2 rings (SSSR count). The van der Waals surface area contributed by atoms with Crippen molar-refractivity contribution in [3.63, 3.8) is 0 Å². The van der Waals surface area contributed by atoms with Gasteiger partial charge in [-0.25, -0.2) is 0 Å². The Morgan fingerprint density at radius 2 is 2.05 bits per heavy atom. The third kappa shape index (κ3) is 3.95. The lowest BCUT2D eigenvalue weighted by atomic mass is 9.76. The van der Waals surface area contributed by atoms with Gasteiger partial charge in [0.1, 0.15) is 0 Å². The first-order valence-corrected chi connectivity index (χ1v) is 7.62. The summed E-state index contributed by atoms with van der Waals surface area (Å²) in [6.07, 6.45) is 12.2. The van der Waals surface area contributed by atoms with Crippen LogP contribution in [-0.2, 0) is 4.79 Å². The molecule has 0 bridgehead atoms. The molecule has 0 spiro atoms. The van der Waals surface area contributed by atoms with E-state index in [1.807, 2.05) is 4.90 Å². The Balaban J connectivity index is 1.92. The van der Waals surface area contributed by atoms with Crippen molar-refractivity contribution in [3.8, 4) is 0 Å². The summed E-state index contributed by atoms with van der Waals surface area (Å²) in [5.41, 5.74) is 1.65. The lowest BCUT2D eigenvalue weighted by Crippen LogP contribution is -2.32. The number of hydrogen-bond donors (Lipinski definition) is 0. The van der Waals surface area contributed by atoms with Crippen LogP contribution in [0, 0.1) is 11.3 Å². The molecule has 0 radical (unpaired) electrons. The fourth-order valence-corrected chi connectivity index (χ4v) is 2.85. The van der Waals surface area contributed by atoms with Crippen LogP contribution in [-0.4, -0.2) is 23.9 Å². The lowest BCUT2D eigenvalue weighted by molar-refractivity contribution is -0.130. The van der Waals surface area contributed by atoms with E-state index in [4.69, 9.17) is 0 Å². The molecule has 2 aliphatic rings. The first kappa shape index (κ1) is 14.4. The Labute approximate surface area is 117 Å². The number of hydrogen-bond acceptors (Lipinski definition) is 1. The highest BCUT2D eigenvalue weighted by molar-refractivity contribution is 5.76. The van der Waals surface area contributed by atoms with Gasteiger partial charge >= 0.3 is 0 Å². The van der Waals surface area contributed by atoms with Gasteiger partial charge < -0.3 is 4.90 Å². The van der Waals surface area contributed by atoms with Gasteiger partial charge in [0.2, 0.25) is 5.91 Å². The predicted octanol–water partition coefficient (Wildman–Crippen LogP) is 3.94. The summed E-state index contributed by atoms with van der Waals surface area (Å²) < 4.78 is 0. The summed E-state index contributed by atoms with van der Waals surface area (Å²) in [5, 5.41) is 0. The second-order valence-corrected chi connectivity index (χ2v) is 6.97. The Kier molecular flexibility index (Phi) is 4.49. The van der Waals surface area contributed by atoms with Crippen LogP contribution < -0.4 is 0 Å². The summed E-state index contributed by atoms with van der Waals surface area (Å²) in [7, 11) is 0. The zero-order chi connectivity index (χ0) is 13.9. The first-order chi connectivity index (χ1) is 8.97. The molecule has 0 aromatic carbocycles. The van der Waals surface area contributed by atoms with Crippen molar-refractivity contribution in [1.29, 1.82) is 0 Å². The largest absolute Gasteiger partial charge is 0.338 e. The molecule has 2 nitrogen and oxygen atoms in total. The molecule has 0 aromatic heterocycles. The highest BCUT2D eigenvalue weighted by atomic mass is 16.2. The molecule has 1 saturated heterocycles. The van der Waals surface area contributed by atoms with Gasteiger partial charge in [-0.15, -0.1) is 0 Å². The van der Waals surface area contributed by atoms with E-state index in [1.54, 1.807) is 0 Å². The third-order valence-electron chi connectivity index (χ3n) is 4.33. The van der Waals surface area contributed by atoms with Gasteiger partial charge in [0.05, 0.1) is 0 Å². The molecule has 2 heteroatoms. The minimum Gasteiger partial charge on any atom is -0.338 e. The van der Waals surface area contributed by atoms with E-state index in [-0.39, 0.29) is 0 Å². The fourth-order valence-electron chi connectivity index (χ4n) is 2.85. The maximum absolute atomic E-state index is 12.0. The standard InChI is InChI=1S/C17H27NO/c1-17(2,3)15-10-8-14(9-11-15)13-18-12-6-4-5-7-16(18)19/h8-10,15H,4-7,11-13H2,1-3H3. The van der Waals surface area contributed by atoms with Crippen LogP contribution >= 0.6 is 0 Å². The van der Waals surface area contributed by atoms with Crippen molar-refractivity contribution in [2.45, 2.75) is 52.9 Å². The second-order valence-electron chi connectivity index (χ2n) is 6.97. The minimum absolute atomic E-state index is 0.330. The smallest absolute Gasteiger partial charge is 0.222 e. The Morgan fingerprint density at radius 3 is 2.68 bits per heavy atom. The van der Waals surface area contributed by atoms with Gasteiger partial charge in [-0.3, -0.25) is 4.79 Å². The molecule has 0 aromatic rings. The first-order valence-electron chi connectivity index (χ1n) is 7.62. The molecule has 106 valence electrons. The average molecular weight is 261 g/mol. The molecular formula is C17H27NO. The monoisotopic (exact) mass is 261 g/mol. The summed E-state index contributed by atoms with van der Waals surface area (Å²) in [4.78, 5) is 14.0. The number of likely N-dealkylation sites (tertiary alicyclic amines) is 1. The normalized spacial score (nSPS) is 25.2. The molecule has 1 atom stereocenters. The van der Waals surface area contributed by atoms with E-state index in [9.17, 15) is 4.79 Å². The van der Waals surface area contributed by atoms with E-state index in [1.165, 1.54) is 12.0 Å². The second kappa shape index (κ2) is 5.94. The zero-order valence-corrected chi connectivity index (χ0v) is 12.6. The van der Waals surface area contributed by atoms with Gasteiger partial charge in [0.15, 0.2) is 0 Å². The molecule has 1 amide bonds. The number of amides is 1. The summed E-state index contributed by atoms with van der Waals surface area (Å²) >= 11 is 0. The van der Waals surface area contributed by atoms with Crippen LogP contribution in [0.2, 0.25) is 0 Å². The molecule has 1 fully saturated rings. The van der Waals surface area contributed by atoms with E-state index in [0.717, 1.165) is 38.8 Å². The van der Waals surface area contributed by atoms with Gasteiger partial charge in [-0.1, -0.05) is 45.4 Å². The van der Waals surface area contributed by atoms with Gasteiger partial charge in [0.25, 0.3) is 0 Å². The van der Waals surface area contributed by atoms with E-state index in [2.05, 4.69) is 39.0 Å². The number of carbonyl (C=O) groups excluding carboxylic acids is 1. The Hall–Kier alpha value is -1.05. The highest BCUT2D eigenvalue weighted by Gasteiger charge is 2.24. The molecule has 1 heterocycles. The number of allylic oxidation sites excluding steroid dienone is 2. The highest BCUT2D eigenvalue weighted by Crippen LogP contribution is 2.33. The van der Waals surface area contributed by atoms with Crippen LogP contribution in [0.15, 0.2) is 23.8 Å². The SMILES string of the molecule is CC(C)(C)C1C=CC(CN2CCCCCC2=O)=CC1. The maximum atomic E-state index is 12.0. The van der Waals surface area contributed by atoms with Gasteiger partial charge in [0, 0.05) is 19.5 Å². The predicted molar refractivity (Wildman–Crippen MR) is 79.8 cm³/mol. The third-order valence-corrected chi connectivity index (χ3v) is 4.33. The van der Waals surface area contributed by atoms with Crippen LogP contribution in [0.3, 0.4) is 0 Å². The van der Waals surface area contributed by atoms with Gasteiger partial charge in [-0.2, -0.15) is 0 Å². The van der Waals surface area contributed by atoms with E-state index < -0.39 is 0 Å². The molecule has 0 N–H and O–H groups in total. The Bertz CT molecular complexity index is 387. The summed E-state index contributed by atoms with van der Waals surface area (Å²) in [6, 6.07) is 0. The Morgan fingerprint density at radius 1 is 1.26 bits per heavy atom. The number of nitrogens with zero attached hydrogens (tertiary/aromatic N) is 1. The molecule has 1 aliphatic heterocycles. The molecule has 0 saturated carbocycles. The van der Waals surface area contributed by atoms with Crippen LogP contribution in [0.5, 0.6) is 0 Å². The van der Waals surface area contributed by atoms with Crippen LogP contribution in [0.1, 0.15) is 52.9 Å². The molecule has 1 unspecified atom stereocenters. The summed E-state index contributed by atoms with van der Waals surface area (Å²) in [6.45, 7) is 8.62. The van der Waals surface area contributed by atoms with Crippen LogP contribution in [0.25, 0.3) is 0 Å². The minimum atomic E-state index is 0.330. The summed E-state index contributed by atoms with van der Waals surface area (Å²) in [5.74, 6) is 0.959. The molecule has 1 aliphatic carbocycles. The average Bonchev–Trinajstić information content (AvgIpc) is 2.55. The topological polar surface area (TPSA) is 20.3 Å². The van der Waals surface area contributed by atoms with Crippen LogP contribution in [0.4, 0.5) is 0 Å². The quantitative estimate of drug-likeness (QED) is 0.737. The zero-order valence-electron chi connectivity index (χ0n) is 12.6. The van der Waals surface area contributed by atoms with Gasteiger partial charge in [-0.05, 0) is 36.2 Å². The van der Waals surface area contributed by atoms with Crippen molar-refractivity contribution in [2.24, 2.45) is 11.3 Å². The van der Waals surface area contributed by atoms with Crippen molar-refractivity contribution >= 4 is 5.91 Å². The lowest BCUT2D eigenvalue weighted by Gasteiger charge is -2.30. The molecular weight excluding hydrogens is 234 g/mol. The van der Waals surface area contributed by atoms with Crippen molar-refractivity contribution < 1.29 is 4.79 Å².